The Kier molecular flexibility index (Phi) is 8.54. The van der Waals surface area contributed by atoms with Gasteiger partial charge in [0, 0.05) is 37.1 Å². The molecule has 2 heterocycles. The molecule has 0 saturated carbocycles. The fourth-order valence-electron chi connectivity index (χ4n) is 3.27. The van der Waals surface area contributed by atoms with E-state index in [9.17, 15) is 4.79 Å². The number of pyridine rings is 1. The van der Waals surface area contributed by atoms with Crippen molar-refractivity contribution < 1.29 is 4.79 Å². The molecule has 6 heteroatoms. The molecule has 2 atom stereocenters. The molecule has 0 radical (unpaired) electrons. The lowest BCUT2D eigenvalue weighted by molar-refractivity contribution is 0.0660. The van der Waals surface area contributed by atoms with Crippen molar-refractivity contribution in [3.63, 3.8) is 0 Å². The molecule has 2 N–H and O–H groups in total. The van der Waals surface area contributed by atoms with Crippen LogP contribution in [0.5, 0.6) is 0 Å². The first-order valence-electron chi connectivity index (χ1n) is 8.61. The van der Waals surface area contributed by atoms with Crippen molar-refractivity contribution in [3.05, 3.63) is 53.9 Å². The number of carbonyl (C=O) groups excluding carboxylic acids is 1. The summed E-state index contributed by atoms with van der Waals surface area (Å²) in [7, 11) is 0. The normalized spacial score (nSPS) is 17.7. The first-order chi connectivity index (χ1) is 11.5. The predicted molar refractivity (Wildman–Crippen MR) is 111 cm³/mol. The summed E-state index contributed by atoms with van der Waals surface area (Å²) in [6, 6.07) is 10.3. The van der Waals surface area contributed by atoms with Crippen LogP contribution in [0.3, 0.4) is 0 Å². The minimum atomic E-state index is 0. The van der Waals surface area contributed by atoms with Crippen LogP contribution in [0.1, 0.15) is 35.7 Å². The van der Waals surface area contributed by atoms with Gasteiger partial charge in [-0.1, -0.05) is 29.8 Å². The highest BCUT2D eigenvalue weighted by Gasteiger charge is 2.26. The predicted octanol–water partition coefficient (Wildman–Crippen LogP) is 4.10. The summed E-state index contributed by atoms with van der Waals surface area (Å²) < 4.78 is 0. The fraction of sp³-hybridized carbons (Fsp3) is 0.400. The topological polar surface area (TPSA) is 59.2 Å². The van der Waals surface area contributed by atoms with Gasteiger partial charge in [0.1, 0.15) is 0 Å². The maximum atomic E-state index is 12.9. The van der Waals surface area contributed by atoms with E-state index in [1.54, 1.807) is 6.20 Å². The molecule has 1 aromatic heterocycles. The number of benzene rings is 1. The van der Waals surface area contributed by atoms with E-state index in [0.29, 0.717) is 11.5 Å². The standard InChI is InChI=1S/C20H25N3O.2ClH/c1-14-5-7-16(8-6-14)18-10-19(12-22-11-18)20(24)23-9-3-4-17(13-23)15(2)21;;/h5-8,10-12,15,17H,3-4,9,13,21H2,1-2H3;2*1H. The lowest BCUT2D eigenvalue weighted by atomic mass is 9.92. The Morgan fingerprint density at radius 2 is 1.88 bits per heavy atom. The molecule has 1 amide bonds. The lowest BCUT2D eigenvalue weighted by Crippen LogP contribution is -2.45. The van der Waals surface area contributed by atoms with Gasteiger partial charge >= 0.3 is 0 Å². The van der Waals surface area contributed by atoms with Gasteiger partial charge in [0.25, 0.3) is 5.91 Å². The van der Waals surface area contributed by atoms with E-state index in [4.69, 9.17) is 5.73 Å². The summed E-state index contributed by atoms with van der Waals surface area (Å²) in [5, 5.41) is 0. The van der Waals surface area contributed by atoms with Gasteiger partial charge in [-0.3, -0.25) is 9.78 Å². The summed E-state index contributed by atoms with van der Waals surface area (Å²) in [6.45, 7) is 5.63. The Labute approximate surface area is 168 Å². The zero-order valence-electron chi connectivity index (χ0n) is 15.2. The Morgan fingerprint density at radius 3 is 2.54 bits per heavy atom. The van der Waals surface area contributed by atoms with Crippen molar-refractivity contribution >= 4 is 30.7 Å². The first-order valence-corrected chi connectivity index (χ1v) is 8.61. The number of likely N-dealkylation sites (tertiary alicyclic amines) is 1. The number of amides is 1. The van der Waals surface area contributed by atoms with Crippen LogP contribution < -0.4 is 5.73 Å². The molecule has 1 aliphatic heterocycles. The van der Waals surface area contributed by atoms with Gasteiger partial charge in [-0.25, -0.2) is 0 Å². The second-order valence-corrected chi connectivity index (χ2v) is 6.84. The van der Waals surface area contributed by atoms with E-state index in [0.717, 1.165) is 37.1 Å². The highest BCUT2D eigenvalue weighted by atomic mass is 35.5. The van der Waals surface area contributed by atoms with Gasteiger partial charge < -0.3 is 10.6 Å². The molecular formula is C20H27Cl2N3O. The summed E-state index contributed by atoms with van der Waals surface area (Å²) in [5.41, 5.74) is 9.95. The molecule has 3 rings (SSSR count). The zero-order chi connectivity index (χ0) is 17.1. The average Bonchev–Trinajstić information content (AvgIpc) is 2.62. The second kappa shape index (κ2) is 9.91. The third-order valence-corrected chi connectivity index (χ3v) is 4.86. The number of hydrogen-bond donors (Lipinski definition) is 1. The molecule has 1 saturated heterocycles. The molecule has 2 unspecified atom stereocenters. The number of nitrogens with two attached hydrogens (primary N) is 1. The van der Waals surface area contributed by atoms with Crippen molar-refractivity contribution in [2.75, 3.05) is 13.1 Å². The summed E-state index contributed by atoms with van der Waals surface area (Å²) in [6.07, 6.45) is 5.59. The number of rotatable bonds is 3. The Bertz CT molecular complexity index is 719. The second-order valence-electron chi connectivity index (χ2n) is 6.84. The molecule has 142 valence electrons. The van der Waals surface area contributed by atoms with Crippen molar-refractivity contribution in [1.29, 1.82) is 0 Å². The smallest absolute Gasteiger partial charge is 0.255 e. The molecule has 26 heavy (non-hydrogen) atoms. The van der Waals surface area contributed by atoms with Crippen LogP contribution in [0.25, 0.3) is 11.1 Å². The van der Waals surface area contributed by atoms with Crippen LogP contribution in [-0.2, 0) is 0 Å². The number of aryl methyl sites for hydroxylation is 1. The zero-order valence-corrected chi connectivity index (χ0v) is 16.9. The number of hydrogen-bond acceptors (Lipinski definition) is 3. The molecule has 4 nitrogen and oxygen atoms in total. The quantitative estimate of drug-likeness (QED) is 0.850. The van der Waals surface area contributed by atoms with Crippen LogP contribution in [0.2, 0.25) is 0 Å². The first kappa shape index (κ1) is 22.4. The van der Waals surface area contributed by atoms with Crippen LogP contribution in [0, 0.1) is 12.8 Å². The molecule has 1 aromatic carbocycles. The number of halogens is 2. The number of piperidine rings is 1. The van der Waals surface area contributed by atoms with Gasteiger partial charge in [0.2, 0.25) is 0 Å². The molecule has 2 aromatic rings. The van der Waals surface area contributed by atoms with E-state index < -0.39 is 0 Å². The van der Waals surface area contributed by atoms with Gasteiger partial charge in [-0.2, -0.15) is 0 Å². The molecule has 0 spiro atoms. The maximum Gasteiger partial charge on any atom is 0.255 e. The highest BCUT2D eigenvalue weighted by Crippen LogP contribution is 2.23. The minimum absolute atomic E-state index is 0. The maximum absolute atomic E-state index is 12.9. The minimum Gasteiger partial charge on any atom is -0.338 e. The van der Waals surface area contributed by atoms with Gasteiger partial charge in [-0.15, -0.1) is 24.8 Å². The number of nitrogens with zero attached hydrogens (tertiary/aromatic N) is 2. The van der Waals surface area contributed by atoms with Gasteiger partial charge in [0.15, 0.2) is 0 Å². The van der Waals surface area contributed by atoms with E-state index in [2.05, 4.69) is 36.2 Å². The van der Waals surface area contributed by atoms with Crippen molar-refractivity contribution in [3.8, 4) is 11.1 Å². The molecule has 0 bridgehead atoms. The highest BCUT2D eigenvalue weighted by molar-refractivity contribution is 5.95. The van der Waals surface area contributed by atoms with Crippen molar-refractivity contribution in [2.45, 2.75) is 32.7 Å². The summed E-state index contributed by atoms with van der Waals surface area (Å²) in [5.74, 6) is 0.442. The summed E-state index contributed by atoms with van der Waals surface area (Å²) in [4.78, 5) is 19.1. The number of carbonyl (C=O) groups is 1. The van der Waals surface area contributed by atoms with Crippen LogP contribution >= 0.6 is 24.8 Å². The van der Waals surface area contributed by atoms with Crippen LogP contribution in [-0.4, -0.2) is 34.9 Å². The van der Waals surface area contributed by atoms with Gasteiger partial charge in [0.05, 0.1) is 5.56 Å². The Morgan fingerprint density at radius 1 is 1.19 bits per heavy atom. The monoisotopic (exact) mass is 395 g/mol. The van der Waals surface area contributed by atoms with Crippen LogP contribution in [0.15, 0.2) is 42.7 Å². The molecule has 0 aliphatic carbocycles. The lowest BCUT2D eigenvalue weighted by Gasteiger charge is -2.34. The van der Waals surface area contributed by atoms with E-state index in [-0.39, 0.29) is 36.8 Å². The SMILES string of the molecule is Cc1ccc(-c2cncc(C(=O)N3CCCC(C(C)N)C3)c2)cc1.Cl.Cl. The van der Waals surface area contributed by atoms with Crippen molar-refractivity contribution in [2.24, 2.45) is 11.7 Å². The molecular weight excluding hydrogens is 369 g/mol. The average molecular weight is 396 g/mol. The van der Waals surface area contributed by atoms with Gasteiger partial charge in [-0.05, 0) is 44.2 Å². The van der Waals surface area contributed by atoms with E-state index in [1.807, 2.05) is 24.1 Å². The third-order valence-electron chi connectivity index (χ3n) is 4.86. The molecule has 1 fully saturated rings. The fourth-order valence-corrected chi connectivity index (χ4v) is 3.27. The Hall–Kier alpha value is -1.62. The summed E-state index contributed by atoms with van der Waals surface area (Å²) >= 11 is 0. The van der Waals surface area contributed by atoms with Crippen LogP contribution in [0.4, 0.5) is 0 Å². The Balaban J connectivity index is 0.00000169. The molecule has 1 aliphatic rings. The third kappa shape index (κ3) is 5.19. The number of aromatic nitrogens is 1. The van der Waals surface area contributed by atoms with E-state index in [1.165, 1.54) is 5.56 Å². The van der Waals surface area contributed by atoms with Crippen molar-refractivity contribution in [1.82, 2.24) is 9.88 Å². The largest absolute Gasteiger partial charge is 0.338 e. The van der Waals surface area contributed by atoms with E-state index >= 15 is 0 Å².